The largest absolute Gasteiger partial charge is 0.366 e. The maximum Gasteiger partial charge on any atom is 0.249 e. The number of fused-ring (bicyclic) bond motifs is 1. The second-order valence-corrected chi connectivity index (χ2v) is 4.95. The third-order valence-electron chi connectivity index (χ3n) is 3.35. The first-order valence-corrected chi connectivity index (χ1v) is 6.52. The topological polar surface area (TPSA) is 56.0 Å². The number of nitrogens with two attached hydrogens (primary N) is 1. The molecule has 21 heavy (non-hydrogen) atoms. The van der Waals surface area contributed by atoms with E-state index >= 15 is 0 Å². The molecule has 0 bridgehead atoms. The molecule has 0 unspecified atom stereocenters. The Labute approximate surface area is 121 Å². The number of benzene rings is 2. The lowest BCUT2D eigenvalue weighted by Gasteiger charge is -2.08. The number of hydrogen-bond acceptors (Lipinski definition) is 2. The SMILES string of the molecule is Cc1ccc2nc(-c3cccc(F)c3)cc(C(N)=O)c2c1. The van der Waals surface area contributed by atoms with Crippen molar-refractivity contribution in [3.05, 3.63) is 65.5 Å². The number of hydrogen-bond donors (Lipinski definition) is 1. The van der Waals surface area contributed by atoms with Gasteiger partial charge in [-0.2, -0.15) is 0 Å². The molecule has 104 valence electrons. The van der Waals surface area contributed by atoms with E-state index in [1.165, 1.54) is 12.1 Å². The molecule has 3 rings (SSSR count). The van der Waals surface area contributed by atoms with E-state index in [2.05, 4.69) is 4.98 Å². The molecule has 0 aliphatic carbocycles. The van der Waals surface area contributed by atoms with E-state index in [1.54, 1.807) is 18.2 Å². The molecule has 2 N–H and O–H groups in total. The molecular weight excluding hydrogens is 267 g/mol. The minimum atomic E-state index is -0.523. The second kappa shape index (κ2) is 4.98. The number of aryl methyl sites for hydroxylation is 1. The van der Waals surface area contributed by atoms with Gasteiger partial charge in [-0.1, -0.05) is 23.8 Å². The Kier molecular flexibility index (Phi) is 3.14. The first kappa shape index (κ1) is 13.2. The summed E-state index contributed by atoms with van der Waals surface area (Å²) >= 11 is 0. The number of rotatable bonds is 2. The molecule has 0 aliphatic heterocycles. The third kappa shape index (κ3) is 2.48. The van der Waals surface area contributed by atoms with Crippen LogP contribution in [-0.2, 0) is 0 Å². The zero-order valence-electron chi connectivity index (χ0n) is 11.4. The molecule has 1 amide bonds. The van der Waals surface area contributed by atoms with Crippen molar-refractivity contribution in [2.75, 3.05) is 0 Å². The predicted octanol–water partition coefficient (Wildman–Crippen LogP) is 3.45. The molecule has 1 heterocycles. The van der Waals surface area contributed by atoms with E-state index in [0.29, 0.717) is 27.7 Å². The van der Waals surface area contributed by atoms with Gasteiger partial charge < -0.3 is 5.73 Å². The zero-order valence-corrected chi connectivity index (χ0v) is 11.4. The van der Waals surface area contributed by atoms with Gasteiger partial charge in [0.25, 0.3) is 0 Å². The Balaban J connectivity index is 2.31. The molecule has 0 atom stereocenters. The summed E-state index contributed by atoms with van der Waals surface area (Å²) in [7, 11) is 0. The van der Waals surface area contributed by atoms with E-state index < -0.39 is 5.91 Å². The van der Waals surface area contributed by atoms with Gasteiger partial charge in [0.15, 0.2) is 0 Å². The summed E-state index contributed by atoms with van der Waals surface area (Å²) in [6.45, 7) is 1.94. The Hall–Kier alpha value is -2.75. The van der Waals surface area contributed by atoms with Crippen molar-refractivity contribution in [1.82, 2.24) is 4.98 Å². The highest BCUT2D eigenvalue weighted by Crippen LogP contribution is 2.25. The van der Waals surface area contributed by atoms with Crippen LogP contribution in [0.5, 0.6) is 0 Å². The molecule has 0 saturated heterocycles. The molecule has 3 aromatic rings. The van der Waals surface area contributed by atoms with E-state index in [9.17, 15) is 9.18 Å². The predicted molar refractivity (Wildman–Crippen MR) is 80.4 cm³/mol. The van der Waals surface area contributed by atoms with Gasteiger partial charge in [0.2, 0.25) is 5.91 Å². The molecule has 0 spiro atoms. The van der Waals surface area contributed by atoms with Crippen molar-refractivity contribution in [3.8, 4) is 11.3 Å². The first-order valence-electron chi connectivity index (χ1n) is 6.52. The maximum atomic E-state index is 13.4. The van der Waals surface area contributed by atoms with Crippen LogP contribution in [0.2, 0.25) is 0 Å². The second-order valence-electron chi connectivity index (χ2n) is 4.95. The third-order valence-corrected chi connectivity index (χ3v) is 3.35. The van der Waals surface area contributed by atoms with Gasteiger partial charge in [-0.05, 0) is 37.3 Å². The van der Waals surface area contributed by atoms with Crippen molar-refractivity contribution in [2.24, 2.45) is 5.73 Å². The first-order chi connectivity index (χ1) is 10.0. The molecule has 0 saturated carbocycles. The highest BCUT2D eigenvalue weighted by atomic mass is 19.1. The molecule has 0 fully saturated rings. The van der Waals surface area contributed by atoms with Gasteiger partial charge in [-0.25, -0.2) is 9.37 Å². The smallest absolute Gasteiger partial charge is 0.249 e. The number of amides is 1. The summed E-state index contributed by atoms with van der Waals surface area (Å²) in [5.74, 6) is -0.871. The number of pyridine rings is 1. The Morgan fingerprint density at radius 2 is 1.95 bits per heavy atom. The summed E-state index contributed by atoms with van der Waals surface area (Å²) in [5, 5.41) is 0.711. The fourth-order valence-electron chi connectivity index (χ4n) is 2.34. The molecule has 0 aliphatic rings. The van der Waals surface area contributed by atoms with E-state index in [4.69, 9.17) is 5.73 Å². The number of nitrogens with zero attached hydrogens (tertiary/aromatic N) is 1. The van der Waals surface area contributed by atoms with Crippen LogP contribution in [0.1, 0.15) is 15.9 Å². The van der Waals surface area contributed by atoms with Crippen LogP contribution in [0.3, 0.4) is 0 Å². The maximum absolute atomic E-state index is 13.4. The molecule has 4 heteroatoms. The zero-order chi connectivity index (χ0) is 15.0. The van der Waals surface area contributed by atoms with E-state index in [0.717, 1.165) is 5.56 Å². The van der Waals surface area contributed by atoms with Gasteiger partial charge in [0.05, 0.1) is 16.8 Å². The van der Waals surface area contributed by atoms with Crippen LogP contribution in [0.15, 0.2) is 48.5 Å². The average molecular weight is 280 g/mol. The number of primary amides is 1. The van der Waals surface area contributed by atoms with Gasteiger partial charge in [-0.3, -0.25) is 4.79 Å². The summed E-state index contributed by atoms with van der Waals surface area (Å²) in [6.07, 6.45) is 0. The summed E-state index contributed by atoms with van der Waals surface area (Å²) in [6, 6.07) is 13.3. The van der Waals surface area contributed by atoms with Crippen molar-refractivity contribution >= 4 is 16.8 Å². The van der Waals surface area contributed by atoms with Gasteiger partial charge in [-0.15, -0.1) is 0 Å². The van der Waals surface area contributed by atoms with Crippen LogP contribution in [0.4, 0.5) is 4.39 Å². The minimum absolute atomic E-state index is 0.348. The standard InChI is InChI=1S/C17H13FN2O/c1-10-5-6-15-13(7-10)14(17(19)21)9-16(20-15)11-3-2-4-12(18)8-11/h2-9H,1H3,(H2,19,21). The van der Waals surface area contributed by atoms with Gasteiger partial charge in [0, 0.05) is 10.9 Å². The minimum Gasteiger partial charge on any atom is -0.366 e. The normalized spacial score (nSPS) is 10.8. The number of carbonyl (C=O) groups is 1. The van der Waals surface area contributed by atoms with Crippen molar-refractivity contribution in [1.29, 1.82) is 0 Å². The Morgan fingerprint density at radius 1 is 1.14 bits per heavy atom. The summed E-state index contributed by atoms with van der Waals surface area (Å²) in [5.41, 5.74) is 8.68. The number of halogens is 1. The molecule has 0 radical (unpaired) electrons. The van der Waals surface area contributed by atoms with Crippen LogP contribution in [0, 0.1) is 12.7 Å². The molecular formula is C17H13FN2O. The van der Waals surface area contributed by atoms with Gasteiger partial charge in [0.1, 0.15) is 5.82 Å². The summed E-state index contributed by atoms with van der Waals surface area (Å²) < 4.78 is 13.4. The van der Waals surface area contributed by atoms with Gasteiger partial charge >= 0.3 is 0 Å². The number of aromatic nitrogens is 1. The number of carbonyl (C=O) groups excluding carboxylic acids is 1. The molecule has 2 aromatic carbocycles. The van der Waals surface area contributed by atoms with E-state index in [1.807, 2.05) is 25.1 Å². The Bertz CT molecular complexity index is 859. The fraction of sp³-hybridized carbons (Fsp3) is 0.0588. The molecule has 1 aromatic heterocycles. The van der Waals surface area contributed by atoms with Crippen LogP contribution < -0.4 is 5.73 Å². The summed E-state index contributed by atoms with van der Waals surface area (Å²) in [4.78, 5) is 16.2. The lowest BCUT2D eigenvalue weighted by atomic mass is 10.0. The lowest BCUT2D eigenvalue weighted by molar-refractivity contribution is 0.100. The quantitative estimate of drug-likeness (QED) is 0.781. The van der Waals surface area contributed by atoms with Crippen LogP contribution in [0.25, 0.3) is 22.2 Å². The molecule has 3 nitrogen and oxygen atoms in total. The lowest BCUT2D eigenvalue weighted by Crippen LogP contribution is -2.12. The van der Waals surface area contributed by atoms with Crippen LogP contribution >= 0.6 is 0 Å². The van der Waals surface area contributed by atoms with Crippen molar-refractivity contribution in [3.63, 3.8) is 0 Å². The fourth-order valence-corrected chi connectivity index (χ4v) is 2.34. The highest BCUT2D eigenvalue weighted by Gasteiger charge is 2.12. The monoisotopic (exact) mass is 280 g/mol. The Morgan fingerprint density at radius 3 is 2.67 bits per heavy atom. The van der Waals surface area contributed by atoms with E-state index in [-0.39, 0.29) is 5.82 Å². The van der Waals surface area contributed by atoms with Crippen molar-refractivity contribution < 1.29 is 9.18 Å². The van der Waals surface area contributed by atoms with Crippen LogP contribution in [-0.4, -0.2) is 10.9 Å². The average Bonchev–Trinajstić information content (AvgIpc) is 2.46. The van der Waals surface area contributed by atoms with Crippen molar-refractivity contribution in [2.45, 2.75) is 6.92 Å². The highest BCUT2D eigenvalue weighted by molar-refractivity contribution is 6.06.